The van der Waals surface area contributed by atoms with Crippen LogP contribution in [0.4, 0.5) is 10.5 Å². The summed E-state index contributed by atoms with van der Waals surface area (Å²) < 4.78 is 27.2. The number of aliphatic carboxylic acids is 1. The van der Waals surface area contributed by atoms with Crippen LogP contribution >= 0.6 is 0 Å². The zero-order valence-electron chi connectivity index (χ0n) is 12.6. The fourth-order valence-corrected chi connectivity index (χ4v) is 3.55. The molecule has 4 N–H and O–H groups in total. The van der Waals surface area contributed by atoms with Crippen molar-refractivity contribution < 1.29 is 23.1 Å². The number of sulfonamides is 1. The second-order valence-corrected chi connectivity index (χ2v) is 7.03. The van der Waals surface area contributed by atoms with E-state index in [9.17, 15) is 18.0 Å². The van der Waals surface area contributed by atoms with E-state index in [0.29, 0.717) is 11.3 Å². The maximum atomic E-state index is 12.3. The normalized spacial score (nSPS) is 14.3. The van der Waals surface area contributed by atoms with Gasteiger partial charge in [-0.25, -0.2) is 17.9 Å². The van der Waals surface area contributed by atoms with Gasteiger partial charge in [0.2, 0.25) is 10.0 Å². The Hall–Kier alpha value is -2.13. The van der Waals surface area contributed by atoms with E-state index < -0.39 is 22.0 Å². The van der Waals surface area contributed by atoms with Gasteiger partial charge in [-0.2, -0.15) is 0 Å². The molecule has 0 unspecified atom stereocenters. The van der Waals surface area contributed by atoms with Gasteiger partial charge in [0.1, 0.15) is 0 Å². The topological polar surface area (TPSA) is 125 Å². The lowest BCUT2D eigenvalue weighted by Crippen LogP contribution is -2.31. The van der Waals surface area contributed by atoms with Gasteiger partial charge in [0.05, 0.1) is 11.3 Å². The van der Waals surface area contributed by atoms with Crippen LogP contribution in [0.25, 0.3) is 0 Å². The van der Waals surface area contributed by atoms with Crippen molar-refractivity contribution in [3.63, 3.8) is 0 Å². The molecule has 1 fully saturated rings. The van der Waals surface area contributed by atoms with Gasteiger partial charge in [0.25, 0.3) is 0 Å². The van der Waals surface area contributed by atoms with Crippen LogP contribution in [-0.2, 0) is 14.8 Å². The Balaban J connectivity index is 2.07. The van der Waals surface area contributed by atoms with Gasteiger partial charge >= 0.3 is 12.0 Å². The van der Waals surface area contributed by atoms with Gasteiger partial charge < -0.3 is 15.7 Å². The molecule has 23 heavy (non-hydrogen) atoms. The number of nitrogens with one attached hydrogen (secondary N) is 3. The number of carbonyl (C=O) groups excluding carboxylic acids is 1. The highest BCUT2D eigenvalue weighted by Crippen LogP contribution is 2.26. The molecule has 2 rings (SSSR count). The van der Waals surface area contributed by atoms with Gasteiger partial charge in [-0.05, 0) is 37.5 Å². The summed E-state index contributed by atoms with van der Waals surface area (Å²) in [6.45, 7) is 1.59. The van der Waals surface area contributed by atoms with E-state index in [1.54, 1.807) is 19.1 Å². The number of hydrogen-bond acceptors (Lipinski definition) is 4. The third-order valence-corrected chi connectivity index (χ3v) is 5.01. The molecule has 0 bridgehead atoms. The Bertz CT molecular complexity index is 713. The molecule has 1 aromatic carbocycles. The van der Waals surface area contributed by atoms with Crippen LogP contribution in [0.3, 0.4) is 0 Å². The summed E-state index contributed by atoms with van der Waals surface area (Å²) in [5.74, 6) is -1.01. The summed E-state index contributed by atoms with van der Waals surface area (Å²) in [6.07, 6.45) is 1.48. The molecule has 0 heterocycles. The molecule has 0 aliphatic heterocycles. The summed E-state index contributed by atoms with van der Waals surface area (Å²) >= 11 is 0. The summed E-state index contributed by atoms with van der Waals surface area (Å²) in [5.41, 5.74) is 0.783. The summed E-state index contributed by atoms with van der Waals surface area (Å²) in [6, 6.07) is 4.02. The zero-order chi connectivity index (χ0) is 17.0. The summed E-state index contributed by atoms with van der Waals surface area (Å²) in [5, 5.41) is 13.4. The average Bonchev–Trinajstić information content (AvgIpc) is 3.23. The third kappa shape index (κ3) is 4.93. The van der Waals surface area contributed by atoms with Crippen LogP contribution in [0.5, 0.6) is 0 Å². The van der Waals surface area contributed by atoms with Crippen LogP contribution in [0.1, 0.15) is 24.8 Å². The molecule has 1 aromatic rings. The first kappa shape index (κ1) is 17.2. The van der Waals surface area contributed by atoms with E-state index in [-0.39, 0.29) is 23.9 Å². The lowest BCUT2D eigenvalue weighted by atomic mass is 10.2. The smallest absolute Gasteiger partial charge is 0.319 e. The van der Waals surface area contributed by atoms with E-state index in [1.807, 2.05) is 0 Å². The highest BCUT2D eigenvalue weighted by atomic mass is 32.2. The second-order valence-electron chi connectivity index (χ2n) is 5.35. The van der Waals surface area contributed by atoms with Gasteiger partial charge in [-0.3, -0.25) is 4.79 Å². The Kier molecular flexibility index (Phi) is 5.22. The van der Waals surface area contributed by atoms with Crippen LogP contribution in [0.2, 0.25) is 0 Å². The zero-order valence-corrected chi connectivity index (χ0v) is 13.4. The maximum absolute atomic E-state index is 12.3. The fraction of sp³-hybridized carbons (Fsp3) is 0.429. The van der Waals surface area contributed by atoms with E-state index in [0.717, 1.165) is 12.8 Å². The molecule has 126 valence electrons. The minimum Gasteiger partial charge on any atom is -0.481 e. The first-order valence-corrected chi connectivity index (χ1v) is 8.66. The number of amides is 2. The molecule has 1 aliphatic carbocycles. The summed E-state index contributed by atoms with van der Waals surface area (Å²) in [7, 11) is -3.61. The number of anilines is 1. The number of hydrogen-bond donors (Lipinski definition) is 4. The summed E-state index contributed by atoms with van der Waals surface area (Å²) in [4.78, 5) is 22.2. The number of carboxylic acids is 1. The standard InChI is InChI=1S/C14H19N3O5S/c1-9-11(16-14(20)15-8-7-13(18)19)3-2-4-12(9)23(21,22)17-10-5-6-10/h2-4,10,17H,5-8H2,1H3,(H,18,19)(H2,15,16,20). The molecule has 1 saturated carbocycles. The Morgan fingerprint density at radius 3 is 2.61 bits per heavy atom. The predicted molar refractivity (Wildman–Crippen MR) is 83.8 cm³/mol. The van der Waals surface area contributed by atoms with E-state index in [2.05, 4.69) is 15.4 Å². The number of urea groups is 1. The van der Waals surface area contributed by atoms with Crippen LogP contribution < -0.4 is 15.4 Å². The van der Waals surface area contributed by atoms with Crippen molar-refractivity contribution in [2.75, 3.05) is 11.9 Å². The SMILES string of the molecule is Cc1c(NC(=O)NCCC(=O)O)cccc1S(=O)(=O)NC1CC1. The number of carbonyl (C=O) groups is 2. The first-order valence-electron chi connectivity index (χ1n) is 7.18. The molecule has 1 aliphatic rings. The quantitative estimate of drug-likeness (QED) is 0.589. The molecule has 2 amide bonds. The predicted octanol–water partition coefficient (Wildman–Crippen LogP) is 1.03. The van der Waals surface area contributed by atoms with E-state index >= 15 is 0 Å². The van der Waals surface area contributed by atoms with Crippen molar-refractivity contribution in [1.82, 2.24) is 10.0 Å². The van der Waals surface area contributed by atoms with Gasteiger partial charge in [-0.1, -0.05) is 6.07 Å². The third-order valence-electron chi connectivity index (χ3n) is 3.35. The lowest BCUT2D eigenvalue weighted by molar-refractivity contribution is -0.136. The van der Waals surface area contributed by atoms with Crippen molar-refractivity contribution in [2.24, 2.45) is 0 Å². The van der Waals surface area contributed by atoms with E-state index in [1.165, 1.54) is 6.07 Å². The minimum atomic E-state index is -3.61. The Morgan fingerprint density at radius 1 is 1.30 bits per heavy atom. The number of carboxylic acid groups (broad SMARTS) is 1. The highest BCUT2D eigenvalue weighted by molar-refractivity contribution is 7.89. The number of rotatable bonds is 7. The van der Waals surface area contributed by atoms with Crippen molar-refractivity contribution >= 4 is 27.7 Å². The number of benzene rings is 1. The molecule has 9 heteroatoms. The van der Waals surface area contributed by atoms with Gasteiger partial charge in [0.15, 0.2) is 0 Å². The second kappa shape index (κ2) is 6.97. The Morgan fingerprint density at radius 2 is 2.00 bits per heavy atom. The molecule has 0 aromatic heterocycles. The largest absolute Gasteiger partial charge is 0.481 e. The van der Waals surface area contributed by atoms with E-state index in [4.69, 9.17) is 5.11 Å². The van der Waals surface area contributed by atoms with Crippen molar-refractivity contribution in [3.8, 4) is 0 Å². The first-order chi connectivity index (χ1) is 10.8. The lowest BCUT2D eigenvalue weighted by Gasteiger charge is -2.13. The van der Waals surface area contributed by atoms with Crippen LogP contribution in [0.15, 0.2) is 23.1 Å². The molecule has 0 atom stereocenters. The molecular weight excluding hydrogens is 322 g/mol. The fourth-order valence-electron chi connectivity index (χ4n) is 1.97. The van der Waals surface area contributed by atoms with Crippen molar-refractivity contribution in [2.45, 2.75) is 37.1 Å². The molecular formula is C14H19N3O5S. The van der Waals surface area contributed by atoms with Gasteiger partial charge in [-0.15, -0.1) is 0 Å². The van der Waals surface area contributed by atoms with Crippen molar-refractivity contribution in [3.05, 3.63) is 23.8 Å². The van der Waals surface area contributed by atoms with Crippen LogP contribution in [-0.4, -0.2) is 38.1 Å². The maximum Gasteiger partial charge on any atom is 0.319 e. The minimum absolute atomic E-state index is 0.00432. The molecule has 0 spiro atoms. The van der Waals surface area contributed by atoms with Crippen molar-refractivity contribution in [1.29, 1.82) is 0 Å². The average molecular weight is 341 g/mol. The monoisotopic (exact) mass is 341 g/mol. The Labute approximate surface area is 134 Å². The van der Waals surface area contributed by atoms with Crippen LogP contribution in [0, 0.1) is 6.92 Å². The molecule has 8 nitrogen and oxygen atoms in total. The highest BCUT2D eigenvalue weighted by Gasteiger charge is 2.29. The molecule has 0 saturated heterocycles. The molecule has 0 radical (unpaired) electrons. The van der Waals surface area contributed by atoms with Gasteiger partial charge in [0, 0.05) is 18.3 Å².